The normalized spacial score (nSPS) is 17.0. The number of hydrogen-bond acceptors (Lipinski definition) is 6. The van der Waals surface area contributed by atoms with Gasteiger partial charge in [-0.05, 0) is 54.6 Å². The molecule has 2 amide bonds. The number of aliphatic hydroxyl groups excluding tert-OH is 1. The minimum absolute atomic E-state index is 0.143. The number of Topliss-reactive ketones (excluding diaryl/α,β-unsaturated/α-hetero) is 1. The number of amides is 2. The van der Waals surface area contributed by atoms with Crippen LogP contribution in [0.5, 0.6) is 5.75 Å². The predicted molar refractivity (Wildman–Crippen MR) is 128 cm³/mol. The zero-order valence-corrected chi connectivity index (χ0v) is 19.0. The number of carbonyl (C=O) groups is 3. The smallest absolute Gasteiger partial charge is 0.300 e. The van der Waals surface area contributed by atoms with Crippen LogP contribution in [-0.4, -0.2) is 34.8 Å². The Bertz CT molecular complexity index is 1310. The Kier molecular flexibility index (Phi) is 6.34. The number of ketones is 1. The predicted octanol–water partition coefficient (Wildman–Crippen LogP) is 4.33. The molecule has 2 aromatic carbocycles. The van der Waals surface area contributed by atoms with Crippen LogP contribution in [0.1, 0.15) is 24.2 Å². The maximum Gasteiger partial charge on any atom is 0.300 e. The van der Waals surface area contributed by atoms with Crippen molar-refractivity contribution < 1.29 is 24.2 Å². The molecule has 1 aliphatic rings. The summed E-state index contributed by atoms with van der Waals surface area (Å²) in [4.78, 5) is 43.4. The van der Waals surface area contributed by atoms with Gasteiger partial charge in [-0.3, -0.25) is 24.3 Å². The molecule has 1 aromatic heterocycles. The molecule has 0 bridgehead atoms. The summed E-state index contributed by atoms with van der Waals surface area (Å²) in [6.07, 6.45) is 1.54. The number of anilines is 2. The Morgan fingerprint density at radius 3 is 2.47 bits per heavy atom. The van der Waals surface area contributed by atoms with Gasteiger partial charge in [-0.1, -0.05) is 17.7 Å². The fourth-order valence-corrected chi connectivity index (χ4v) is 4.01. The molecule has 1 unspecified atom stereocenters. The van der Waals surface area contributed by atoms with Gasteiger partial charge in [0.25, 0.3) is 11.7 Å². The number of rotatable bonds is 5. The number of hydrogen-bond donors (Lipinski definition) is 2. The van der Waals surface area contributed by atoms with E-state index in [0.717, 1.165) is 0 Å². The Morgan fingerprint density at radius 2 is 1.85 bits per heavy atom. The van der Waals surface area contributed by atoms with Crippen LogP contribution in [0.15, 0.2) is 72.4 Å². The lowest BCUT2D eigenvalue weighted by atomic mass is 9.97. The van der Waals surface area contributed by atoms with Gasteiger partial charge in [0.2, 0.25) is 5.91 Å². The molecule has 1 saturated heterocycles. The molecule has 1 atom stereocenters. The van der Waals surface area contributed by atoms with Crippen molar-refractivity contribution in [2.24, 2.45) is 0 Å². The average molecular weight is 478 g/mol. The number of nitrogens with one attached hydrogen (secondary N) is 1. The number of ether oxygens (including phenoxy) is 1. The molecule has 3 aromatic rings. The van der Waals surface area contributed by atoms with Crippen molar-refractivity contribution >= 4 is 46.3 Å². The number of methoxy groups -OCH3 is 1. The van der Waals surface area contributed by atoms with Gasteiger partial charge in [-0.15, -0.1) is 0 Å². The highest BCUT2D eigenvalue weighted by Gasteiger charge is 2.47. The molecule has 2 heterocycles. The summed E-state index contributed by atoms with van der Waals surface area (Å²) in [7, 11) is 1.42. The van der Waals surface area contributed by atoms with E-state index in [-0.39, 0.29) is 22.8 Å². The lowest BCUT2D eigenvalue weighted by Gasteiger charge is -2.25. The van der Waals surface area contributed by atoms with Crippen LogP contribution in [0, 0.1) is 0 Å². The molecule has 0 radical (unpaired) electrons. The molecule has 9 heteroatoms. The highest BCUT2D eigenvalue weighted by atomic mass is 35.5. The quantitative estimate of drug-likeness (QED) is 0.321. The first-order valence-corrected chi connectivity index (χ1v) is 10.6. The Labute approximate surface area is 200 Å². The summed E-state index contributed by atoms with van der Waals surface area (Å²) in [5.41, 5.74) is 1.34. The van der Waals surface area contributed by atoms with Gasteiger partial charge >= 0.3 is 0 Å². The van der Waals surface area contributed by atoms with Gasteiger partial charge in [0, 0.05) is 29.5 Å². The standard InChI is InChI=1S/C25H20ClN3O5/c1-14(30)28-16-7-9-17(10-8-16)29-22(19-5-3-4-12-27-19)21(24(32)25(29)33)23(31)18-13-15(26)6-11-20(18)34-2/h3-13,22,31H,1-2H3,(H,28,30)/b23-21+. The third-order valence-corrected chi connectivity index (χ3v) is 5.53. The van der Waals surface area contributed by atoms with E-state index in [4.69, 9.17) is 16.3 Å². The second kappa shape index (κ2) is 9.36. The maximum absolute atomic E-state index is 13.2. The summed E-state index contributed by atoms with van der Waals surface area (Å²) in [6, 6.07) is 15.1. The molecule has 0 spiro atoms. The van der Waals surface area contributed by atoms with Crippen molar-refractivity contribution in [1.82, 2.24) is 4.98 Å². The number of halogens is 1. The first kappa shape index (κ1) is 23.0. The van der Waals surface area contributed by atoms with Gasteiger partial charge in [0.05, 0.1) is 23.9 Å². The van der Waals surface area contributed by atoms with Crippen molar-refractivity contribution in [3.05, 3.63) is 88.7 Å². The minimum Gasteiger partial charge on any atom is -0.507 e. The number of aromatic nitrogens is 1. The number of benzene rings is 2. The zero-order chi connectivity index (χ0) is 24.4. The summed E-state index contributed by atoms with van der Waals surface area (Å²) in [5, 5.41) is 14.2. The largest absolute Gasteiger partial charge is 0.507 e. The Hall–Kier alpha value is -4.17. The van der Waals surface area contributed by atoms with Crippen LogP contribution < -0.4 is 15.0 Å². The summed E-state index contributed by atoms with van der Waals surface area (Å²) < 4.78 is 5.33. The molecule has 4 rings (SSSR count). The third kappa shape index (κ3) is 4.23. The molecule has 8 nitrogen and oxygen atoms in total. The second-order valence-corrected chi connectivity index (χ2v) is 7.93. The molecule has 0 saturated carbocycles. The molecule has 1 fully saturated rings. The van der Waals surface area contributed by atoms with Crippen molar-refractivity contribution in [2.45, 2.75) is 13.0 Å². The fraction of sp³-hybridized carbons (Fsp3) is 0.120. The van der Waals surface area contributed by atoms with E-state index >= 15 is 0 Å². The molecular formula is C25H20ClN3O5. The third-order valence-electron chi connectivity index (χ3n) is 5.29. The molecule has 2 N–H and O–H groups in total. The molecule has 34 heavy (non-hydrogen) atoms. The maximum atomic E-state index is 13.2. The topological polar surface area (TPSA) is 109 Å². The van der Waals surface area contributed by atoms with E-state index < -0.39 is 23.5 Å². The van der Waals surface area contributed by atoms with E-state index in [1.54, 1.807) is 54.6 Å². The van der Waals surface area contributed by atoms with Gasteiger partial charge < -0.3 is 15.2 Å². The van der Waals surface area contributed by atoms with E-state index in [0.29, 0.717) is 22.1 Å². The van der Waals surface area contributed by atoms with E-state index in [1.165, 1.54) is 31.2 Å². The minimum atomic E-state index is -1.00. The molecule has 1 aliphatic heterocycles. The average Bonchev–Trinajstić information content (AvgIpc) is 3.10. The van der Waals surface area contributed by atoms with Crippen molar-refractivity contribution in [2.75, 3.05) is 17.3 Å². The van der Waals surface area contributed by atoms with E-state index in [9.17, 15) is 19.5 Å². The van der Waals surface area contributed by atoms with Gasteiger partial charge in [-0.25, -0.2) is 0 Å². The van der Waals surface area contributed by atoms with Crippen molar-refractivity contribution in [3.63, 3.8) is 0 Å². The number of carbonyl (C=O) groups excluding carboxylic acids is 3. The Balaban J connectivity index is 1.90. The van der Waals surface area contributed by atoms with Crippen LogP contribution in [0.4, 0.5) is 11.4 Å². The summed E-state index contributed by atoms with van der Waals surface area (Å²) in [5.74, 6) is -2.08. The van der Waals surface area contributed by atoms with E-state index in [1.807, 2.05) is 0 Å². The van der Waals surface area contributed by atoms with Crippen LogP contribution in [0.3, 0.4) is 0 Å². The van der Waals surface area contributed by atoms with Crippen molar-refractivity contribution in [1.29, 1.82) is 0 Å². The lowest BCUT2D eigenvalue weighted by Crippen LogP contribution is -2.29. The Morgan fingerprint density at radius 1 is 1.12 bits per heavy atom. The van der Waals surface area contributed by atoms with Gasteiger partial charge in [0.15, 0.2) is 0 Å². The highest BCUT2D eigenvalue weighted by Crippen LogP contribution is 2.43. The SMILES string of the molecule is COc1ccc(Cl)cc1/C(O)=C1\C(=O)C(=O)N(c2ccc(NC(C)=O)cc2)C1c1ccccn1. The van der Waals surface area contributed by atoms with Gasteiger partial charge in [-0.2, -0.15) is 0 Å². The first-order valence-electron chi connectivity index (χ1n) is 10.2. The van der Waals surface area contributed by atoms with E-state index in [2.05, 4.69) is 10.3 Å². The van der Waals surface area contributed by atoms with Crippen molar-refractivity contribution in [3.8, 4) is 5.75 Å². The van der Waals surface area contributed by atoms with Crippen LogP contribution in [-0.2, 0) is 14.4 Å². The zero-order valence-electron chi connectivity index (χ0n) is 18.3. The monoisotopic (exact) mass is 477 g/mol. The number of aliphatic hydroxyl groups is 1. The summed E-state index contributed by atoms with van der Waals surface area (Å²) >= 11 is 6.12. The fourth-order valence-electron chi connectivity index (χ4n) is 3.84. The van der Waals surface area contributed by atoms with Crippen LogP contribution in [0.25, 0.3) is 5.76 Å². The highest BCUT2D eigenvalue weighted by molar-refractivity contribution is 6.51. The van der Waals surface area contributed by atoms with Crippen LogP contribution >= 0.6 is 11.6 Å². The molecular weight excluding hydrogens is 458 g/mol. The second-order valence-electron chi connectivity index (χ2n) is 7.50. The summed E-state index contributed by atoms with van der Waals surface area (Å²) in [6.45, 7) is 1.39. The number of nitrogens with zero attached hydrogens (tertiary/aromatic N) is 2. The molecule has 172 valence electrons. The van der Waals surface area contributed by atoms with Crippen LogP contribution in [0.2, 0.25) is 5.02 Å². The first-order chi connectivity index (χ1) is 16.3. The lowest BCUT2D eigenvalue weighted by molar-refractivity contribution is -0.132. The molecule has 0 aliphatic carbocycles. The van der Waals surface area contributed by atoms with Gasteiger partial charge in [0.1, 0.15) is 17.6 Å². The number of pyridine rings is 1.